The summed E-state index contributed by atoms with van der Waals surface area (Å²) in [6, 6.07) is 6.08. The van der Waals surface area contributed by atoms with Crippen molar-refractivity contribution in [1.29, 1.82) is 0 Å². The van der Waals surface area contributed by atoms with Gasteiger partial charge in [0, 0.05) is 0 Å². The molecule has 0 fully saturated rings. The molecule has 0 heterocycles. The summed E-state index contributed by atoms with van der Waals surface area (Å²) in [5, 5.41) is 8.99. The first-order valence-electron chi connectivity index (χ1n) is 5.26. The van der Waals surface area contributed by atoms with Crippen LogP contribution in [0.15, 0.2) is 18.2 Å². The number of carboxylic acids is 1. The summed E-state index contributed by atoms with van der Waals surface area (Å²) in [5.41, 5.74) is 3.17. The number of hydrogen-bond acceptors (Lipinski definition) is 1. The molecule has 0 bridgehead atoms. The standard InChI is InChI=1S/C13H18O2/c1-8(2)11-6-5-9(3)12(7-11)10(4)13(14)15/h5-8,10H,1-4H3,(H,14,15). The maximum absolute atomic E-state index is 10.9. The minimum Gasteiger partial charge on any atom is -0.481 e. The molecule has 0 spiro atoms. The number of benzene rings is 1. The lowest BCUT2D eigenvalue weighted by atomic mass is 9.91. The van der Waals surface area contributed by atoms with E-state index >= 15 is 0 Å². The summed E-state index contributed by atoms with van der Waals surface area (Å²) < 4.78 is 0. The summed E-state index contributed by atoms with van der Waals surface area (Å²) in [6.07, 6.45) is 0. The molecule has 1 atom stereocenters. The van der Waals surface area contributed by atoms with Crippen molar-refractivity contribution in [3.8, 4) is 0 Å². The van der Waals surface area contributed by atoms with Gasteiger partial charge in [0.05, 0.1) is 5.92 Å². The van der Waals surface area contributed by atoms with Crippen molar-refractivity contribution < 1.29 is 9.90 Å². The normalized spacial score (nSPS) is 12.9. The van der Waals surface area contributed by atoms with Crippen molar-refractivity contribution in [3.63, 3.8) is 0 Å². The van der Waals surface area contributed by atoms with Gasteiger partial charge in [-0.2, -0.15) is 0 Å². The summed E-state index contributed by atoms with van der Waals surface area (Å²) in [7, 11) is 0. The largest absolute Gasteiger partial charge is 0.481 e. The zero-order valence-corrected chi connectivity index (χ0v) is 9.74. The number of carbonyl (C=O) groups is 1. The second kappa shape index (κ2) is 4.47. The molecular formula is C13H18O2. The first-order valence-corrected chi connectivity index (χ1v) is 5.26. The Hall–Kier alpha value is -1.31. The van der Waals surface area contributed by atoms with Gasteiger partial charge in [0.25, 0.3) is 0 Å². The van der Waals surface area contributed by atoms with E-state index in [1.54, 1.807) is 6.92 Å². The SMILES string of the molecule is Cc1ccc(C(C)C)cc1C(C)C(=O)O. The fourth-order valence-corrected chi connectivity index (χ4v) is 1.62. The van der Waals surface area contributed by atoms with Crippen LogP contribution in [0.4, 0.5) is 0 Å². The maximum Gasteiger partial charge on any atom is 0.310 e. The highest BCUT2D eigenvalue weighted by molar-refractivity contribution is 5.76. The van der Waals surface area contributed by atoms with E-state index in [1.165, 1.54) is 5.56 Å². The van der Waals surface area contributed by atoms with Gasteiger partial charge in [0.15, 0.2) is 0 Å². The van der Waals surface area contributed by atoms with Crippen LogP contribution in [0.5, 0.6) is 0 Å². The van der Waals surface area contributed by atoms with E-state index in [4.69, 9.17) is 5.11 Å². The number of aliphatic carboxylic acids is 1. The Morgan fingerprint density at radius 3 is 2.33 bits per heavy atom. The summed E-state index contributed by atoms with van der Waals surface area (Å²) in [6.45, 7) is 7.91. The van der Waals surface area contributed by atoms with Crippen LogP contribution in [0.2, 0.25) is 0 Å². The van der Waals surface area contributed by atoms with E-state index in [-0.39, 0.29) is 0 Å². The van der Waals surface area contributed by atoms with Crippen molar-refractivity contribution in [2.45, 2.75) is 39.5 Å². The smallest absolute Gasteiger partial charge is 0.310 e. The molecule has 1 aromatic rings. The molecule has 1 N–H and O–H groups in total. The van der Waals surface area contributed by atoms with Gasteiger partial charge in [0.2, 0.25) is 0 Å². The van der Waals surface area contributed by atoms with Gasteiger partial charge in [-0.05, 0) is 36.5 Å². The van der Waals surface area contributed by atoms with E-state index < -0.39 is 11.9 Å². The van der Waals surface area contributed by atoms with Gasteiger partial charge in [-0.25, -0.2) is 0 Å². The van der Waals surface area contributed by atoms with Gasteiger partial charge in [0.1, 0.15) is 0 Å². The van der Waals surface area contributed by atoms with E-state index in [1.807, 2.05) is 19.1 Å². The topological polar surface area (TPSA) is 37.3 Å². The molecule has 0 aromatic heterocycles. The molecule has 0 aliphatic carbocycles. The minimum atomic E-state index is -0.765. The Labute approximate surface area is 90.9 Å². The van der Waals surface area contributed by atoms with Crippen LogP contribution in [0.25, 0.3) is 0 Å². The molecule has 0 saturated heterocycles. The average Bonchev–Trinajstić information content (AvgIpc) is 2.16. The van der Waals surface area contributed by atoms with Crippen LogP contribution in [0, 0.1) is 6.92 Å². The highest BCUT2D eigenvalue weighted by Crippen LogP contribution is 2.24. The zero-order chi connectivity index (χ0) is 11.6. The molecule has 82 valence electrons. The molecule has 0 radical (unpaired) electrons. The minimum absolute atomic E-state index is 0.427. The first-order chi connectivity index (χ1) is 6.93. The number of rotatable bonds is 3. The van der Waals surface area contributed by atoms with Crippen molar-refractivity contribution in [2.24, 2.45) is 0 Å². The molecule has 15 heavy (non-hydrogen) atoms. The van der Waals surface area contributed by atoms with Crippen LogP contribution in [0.3, 0.4) is 0 Å². The van der Waals surface area contributed by atoms with Crippen LogP contribution in [-0.2, 0) is 4.79 Å². The molecular weight excluding hydrogens is 188 g/mol. The van der Waals surface area contributed by atoms with Crippen LogP contribution in [-0.4, -0.2) is 11.1 Å². The van der Waals surface area contributed by atoms with Crippen molar-refractivity contribution in [3.05, 3.63) is 34.9 Å². The molecule has 0 saturated carbocycles. The van der Waals surface area contributed by atoms with E-state index in [2.05, 4.69) is 19.9 Å². The highest BCUT2D eigenvalue weighted by Gasteiger charge is 2.16. The molecule has 1 aromatic carbocycles. The fourth-order valence-electron chi connectivity index (χ4n) is 1.62. The van der Waals surface area contributed by atoms with Gasteiger partial charge < -0.3 is 5.11 Å². The van der Waals surface area contributed by atoms with Crippen LogP contribution in [0.1, 0.15) is 49.3 Å². The van der Waals surface area contributed by atoms with Crippen LogP contribution >= 0.6 is 0 Å². The lowest BCUT2D eigenvalue weighted by Crippen LogP contribution is -2.09. The molecule has 1 rings (SSSR count). The van der Waals surface area contributed by atoms with Crippen LogP contribution < -0.4 is 0 Å². The lowest BCUT2D eigenvalue weighted by molar-refractivity contribution is -0.138. The molecule has 1 unspecified atom stereocenters. The Morgan fingerprint density at radius 2 is 1.87 bits per heavy atom. The Balaban J connectivity index is 3.16. The second-order valence-electron chi connectivity index (χ2n) is 4.33. The summed E-state index contributed by atoms with van der Waals surface area (Å²) >= 11 is 0. The van der Waals surface area contributed by atoms with E-state index in [0.29, 0.717) is 5.92 Å². The fraction of sp³-hybridized carbons (Fsp3) is 0.462. The number of carboxylic acid groups (broad SMARTS) is 1. The van der Waals surface area contributed by atoms with E-state index in [0.717, 1.165) is 11.1 Å². The zero-order valence-electron chi connectivity index (χ0n) is 9.74. The third-order valence-electron chi connectivity index (χ3n) is 2.81. The highest BCUT2D eigenvalue weighted by atomic mass is 16.4. The summed E-state index contributed by atoms with van der Waals surface area (Å²) in [4.78, 5) is 10.9. The predicted molar refractivity (Wildman–Crippen MR) is 61.3 cm³/mol. The molecule has 0 aliphatic heterocycles. The lowest BCUT2D eigenvalue weighted by Gasteiger charge is -2.14. The predicted octanol–water partition coefficient (Wildman–Crippen LogP) is 3.31. The Morgan fingerprint density at radius 1 is 1.27 bits per heavy atom. The third kappa shape index (κ3) is 2.58. The molecule has 2 nitrogen and oxygen atoms in total. The number of hydrogen-bond donors (Lipinski definition) is 1. The molecule has 2 heteroatoms. The Bertz CT molecular complexity index is 367. The monoisotopic (exact) mass is 206 g/mol. The summed E-state index contributed by atoms with van der Waals surface area (Å²) in [5.74, 6) is -0.756. The van der Waals surface area contributed by atoms with Gasteiger partial charge in [-0.15, -0.1) is 0 Å². The average molecular weight is 206 g/mol. The first kappa shape index (κ1) is 11.8. The van der Waals surface area contributed by atoms with Gasteiger partial charge >= 0.3 is 5.97 Å². The molecule has 0 aliphatic rings. The maximum atomic E-state index is 10.9. The third-order valence-corrected chi connectivity index (χ3v) is 2.81. The second-order valence-corrected chi connectivity index (χ2v) is 4.33. The molecule has 0 amide bonds. The van der Waals surface area contributed by atoms with Gasteiger partial charge in [-0.3, -0.25) is 4.79 Å². The number of aryl methyl sites for hydroxylation is 1. The quantitative estimate of drug-likeness (QED) is 0.823. The van der Waals surface area contributed by atoms with Crippen molar-refractivity contribution in [2.75, 3.05) is 0 Å². The van der Waals surface area contributed by atoms with Crippen molar-refractivity contribution >= 4 is 5.97 Å². The van der Waals surface area contributed by atoms with E-state index in [9.17, 15) is 4.79 Å². The Kier molecular flexibility index (Phi) is 3.51. The van der Waals surface area contributed by atoms with Gasteiger partial charge in [-0.1, -0.05) is 32.0 Å². The van der Waals surface area contributed by atoms with Crippen molar-refractivity contribution in [1.82, 2.24) is 0 Å².